The average molecular weight is 376 g/mol. The summed E-state index contributed by atoms with van der Waals surface area (Å²) < 4.78 is 0. The molecule has 0 spiro atoms. The van der Waals surface area contributed by atoms with E-state index in [4.69, 9.17) is 0 Å². The number of likely N-dealkylation sites (tertiary alicyclic amines) is 1. The molecule has 4 rings (SSSR count). The van der Waals surface area contributed by atoms with E-state index >= 15 is 0 Å². The number of aromatic amines is 1. The van der Waals surface area contributed by atoms with Crippen molar-refractivity contribution in [3.8, 4) is 0 Å². The zero-order chi connectivity index (χ0) is 19.5. The van der Waals surface area contributed by atoms with Gasteiger partial charge >= 0.3 is 0 Å². The van der Waals surface area contributed by atoms with Crippen LogP contribution in [0.2, 0.25) is 0 Å². The molecule has 3 aromatic rings. The van der Waals surface area contributed by atoms with Crippen LogP contribution in [0.4, 0.5) is 0 Å². The van der Waals surface area contributed by atoms with Gasteiger partial charge in [-0.2, -0.15) is 0 Å². The molecular weight excluding hydrogens is 346 g/mol. The predicted molar refractivity (Wildman–Crippen MR) is 115 cm³/mol. The molecule has 1 aliphatic rings. The molecule has 1 fully saturated rings. The summed E-state index contributed by atoms with van der Waals surface area (Å²) in [5.74, 6) is -0.0204. The molecule has 4 heteroatoms. The summed E-state index contributed by atoms with van der Waals surface area (Å²) in [4.78, 5) is 18.6. The summed E-state index contributed by atoms with van der Waals surface area (Å²) in [5.41, 5.74) is 6.67. The van der Waals surface area contributed by atoms with Crippen LogP contribution in [-0.2, 0) is 13.1 Å². The Balaban J connectivity index is 1.45. The maximum atomic E-state index is 12.7. The van der Waals surface area contributed by atoms with Gasteiger partial charge in [-0.1, -0.05) is 30.7 Å². The Morgan fingerprint density at radius 3 is 2.57 bits per heavy atom. The van der Waals surface area contributed by atoms with Gasteiger partial charge in [-0.25, -0.2) is 0 Å². The molecule has 1 amide bonds. The van der Waals surface area contributed by atoms with Crippen LogP contribution in [0.25, 0.3) is 10.9 Å². The number of aryl methyl sites for hydroxylation is 2. The number of rotatable bonds is 5. The number of hydrogen-bond acceptors (Lipinski definition) is 2. The van der Waals surface area contributed by atoms with E-state index in [1.165, 1.54) is 49.0 Å². The SMILES string of the molecule is Cc1[nH]c2ccc(C(=O)NCc3ccccc3CN3CCCCC3)cc2c1C. The Morgan fingerprint density at radius 1 is 1.04 bits per heavy atom. The molecule has 0 bridgehead atoms. The number of hydrogen-bond donors (Lipinski definition) is 2. The minimum Gasteiger partial charge on any atom is -0.358 e. The molecule has 2 N–H and O–H groups in total. The van der Waals surface area contributed by atoms with E-state index in [1.54, 1.807) is 0 Å². The van der Waals surface area contributed by atoms with Crippen LogP contribution in [0, 0.1) is 13.8 Å². The van der Waals surface area contributed by atoms with Crippen molar-refractivity contribution >= 4 is 16.8 Å². The van der Waals surface area contributed by atoms with Crippen LogP contribution in [0.5, 0.6) is 0 Å². The molecule has 2 heterocycles. The van der Waals surface area contributed by atoms with E-state index in [-0.39, 0.29) is 5.91 Å². The first-order valence-corrected chi connectivity index (χ1v) is 10.3. The summed E-state index contributed by atoms with van der Waals surface area (Å²) in [6.07, 6.45) is 3.93. The van der Waals surface area contributed by atoms with Crippen LogP contribution in [-0.4, -0.2) is 28.9 Å². The normalized spacial score (nSPS) is 15.1. The minimum atomic E-state index is -0.0204. The standard InChI is InChI=1S/C24H29N3O/c1-17-18(2)26-23-11-10-19(14-22(17)23)24(28)25-15-20-8-4-5-9-21(20)16-27-12-6-3-7-13-27/h4-5,8-11,14,26H,3,6-7,12-13,15-16H2,1-2H3,(H,25,28). The zero-order valence-electron chi connectivity index (χ0n) is 16.8. The molecule has 2 aromatic carbocycles. The summed E-state index contributed by atoms with van der Waals surface area (Å²) in [6, 6.07) is 14.3. The third-order valence-corrected chi connectivity index (χ3v) is 5.97. The van der Waals surface area contributed by atoms with Crippen LogP contribution in [0.15, 0.2) is 42.5 Å². The third kappa shape index (κ3) is 3.97. The monoisotopic (exact) mass is 375 g/mol. The van der Waals surface area contributed by atoms with E-state index < -0.39 is 0 Å². The third-order valence-electron chi connectivity index (χ3n) is 5.97. The number of aromatic nitrogens is 1. The number of fused-ring (bicyclic) bond motifs is 1. The maximum absolute atomic E-state index is 12.7. The Kier molecular flexibility index (Phi) is 5.49. The number of carbonyl (C=O) groups excluding carboxylic acids is 1. The molecule has 4 nitrogen and oxygen atoms in total. The van der Waals surface area contributed by atoms with E-state index in [2.05, 4.69) is 53.3 Å². The number of piperidine rings is 1. The van der Waals surface area contributed by atoms with E-state index in [0.29, 0.717) is 12.1 Å². The Hall–Kier alpha value is -2.59. The topological polar surface area (TPSA) is 48.1 Å². The smallest absolute Gasteiger partial charge is 0.251 e. The summed E-state index contributed by atoms with van der Waals surface area (Å²) in [6.45, 7) is 8.04. The Morgan fingerprint density at radius 2 is 1.79 bits per heavy atom. The van der Waals surface area contributed by atoms with Gasteiger partial charge in [-0.3, -0.25) is 9.69 Å². The van der Waals surface area contributed by atoms with Crippen molar-refractivity contribution in [3.63, 3.8) is 0 Å². The Bertz CT molecular complexity index is 983. The number of nitrogens with one attached hydrogen (secondary N) is 2. The lowest BCUT2D eigenvalue weighted by Crippen LogP contribution is -2.30. The highest BCUT2D eigenvalue weighted by atomic mass is 16.1. The van der Waals surface area contributed by atoms with Gasteiger partial charge in [0.05, 0.1) is 0 Å². The molecular formula is C24H29N3O. The molecule has 0 saturated carbocycles. The summed E-state index contributed by atoms with van der Waals surface area (Å²) >= 11 is 0. The fraction of sp³-hybridized carbons (Fsp3) is 0.375. The molecule has 0 atom stereocenters. The van der Waals surface area contributed by atoms with Gasteiger partial charge in [-0.15, -0.1) is 0 Å². The number of H-pyrrole nitrogens is 1. The highest BCUT2D eigenvalue weighted by Gasteiger charge is 2.14. The van der Waals surface area contributed by atoms with Gasteiger partial charge in [0, 0.05) is 35.2 Å². The quantitative estimate of drug-likeness (QED) is 0.679. The van der Waals surface area contributed by atoms with Crippen LogP contribution < -0.4 is 5.32 Å². The summed E-state index contributed by atoms with van der Waals surface area (Å²) in [5, 5.41) is 4.24. The second-order valence-corrected chi connectivity index (χ2v) is 7.92. The van der Waals surface area contributed by atoms with Gasteiger partial charge in [-0.05, 0) is 74.7 Å². The fourth-order valence-electron chi connectivity index (χ4n) is 4.12. The van der Waals surface area contributed by atoms with E-state index in [0.717, 1.165) is 23.1 Å². The zero-order valence-corrected chi connectivity index (χ0v) is 16.8. The number of amides is 1. The van der Waals surface area contributed by atoms with Crippen molar-refractivity contribution in [2.75, 3.05) is 13.1 Å². The van der Waals surface area contributed by atoms with Crippen LogP contribution in [0.1, 0.15) is 52.0 Å². The first-order chi connectivity index (χ1) is 13.6. The largest absolute Gasteiger partial charge is 0.358 e. The number of nitrogens with zero attached hydrogens (tertiary/aromatic N) is 1. The van der Waals surface area contributed by atoms with Gasteiger partial charge < -0.3 is 10.3 Å². The molecule has 0 unspecified atom stereocenters. The number of benzene rings is 2. The molecule has 0 aliphatic carbocycles. The first kappa shape index (κ1) is 18.8. The lowest BCUT2D eigenvalue weighted by molar-refractivity contribution is 0.0951. The lowest BCUT2D eigenvalue weighted by Gasteiger charge is -2.27. The van der Waals surface area contributed by atoms with Gasteiger partial charge in [0.15, 0.2) is 0 Å². The van der Waals surface area contributed by atoms with Crippen molar-refractivity contribution in [1.29, 1.82) is 0 Å². The second kappa shape index (κ2) is 8.19. The lowest BCUT2D eigenvalue weighted by atomic mass is 10.0. The average Bonchev–Trinajstić information content (AvgIpc) is 3.01. The summed E-state index contributed by atoms with van der Waals surface area (Å²) in [7, 11) is 0. The molecule has 1 aliphatic heterocycles. The van der Waals surface area contributed by atoms with Crippen molar-refractivity contribution < 1.29 is 4.79 Å². The predicted octanol–water partition coefficient (Wildman–Crippen LogP) is 4.70. The molecule has 1 aromatic heterocycles. The van der Waals surface area contributed by atoms with Crippen LogP contribution in [0.3, 0.4) is 0 Å². The Labute approximate surface area is 166 Å². The molecule has 0 radical (unpaired) electrons. The highest BCUT2D eigenvalue weighted by Crippen LogP contribution is 2.22. The molecule has 28 heavy (non-hydrogen) atoms. The van der Waals surface area contributed by atoms with Crippen molar-refractivity contribution in [1.82, 2.24) is 15.2 Å². The van der Waals surface area contributed by atoms with Gasteiger partial charge in [0.25, 0.3) is 5.91 Å². The van der Waals surface area contributed by atoms with Crippen molar-refractivity contribution in [2.24, 2.45) is 0 Å². The first-order valence-electron chi connectivity index (χ1n) is 10.3. The second-order valence-electron chi connectivity index (χ2n) is 7.92. The van der Waals surface area contributed by atoms with Gasteiger partial charge in [0.2, 0.25) is 0 Å². The highest BCUT2D eigenvalue weighted by molar-refractivity contribution is 5.99. The molecule has 146 valence electrons. The van der Waals surface area contributed by atoms with E-state index in [1.807, 2.05) is 18.2 Å². The fourth-order valence-corrected chi connectivity index (χ4v) is 4.12. The minimum absolute atomic E-state index is 0.0204. The van der Waals surface area contributed by atoms with Crippen molar-refractivity contribution in [2.45, 2.75) is 46.2 Å². The number of carbonyl (C=O) groups is 1. The van der Waals surface area contributed by atoms with E-state index in [9.17, 15) is 4.79 Å². The van der Waals surface area contributed by atoms with Crippen molar-refractivity contribution in [3.05, 3.63) is 70.4 Å². The van der Waals surface area contributed by atoms with Gasteiger partial charge in [0.1, 0.15) is 0 Å². The molecule has 1 saturated heterocycles. The van der Waals surface area contributed by atoms with Crippen LogP contribution >= 0.6 is 0 Å². The maximum Gasteiger partial charge on any atom is 0.251 e.